The molecule has 0 unspecified atom stereocenters. The number of halogens is 6. The van der Waals surface area contributed by atoms with Gasteiger partial charge in [0.05, 0.1) is 0 Å². The fourth-order valence-electron chi connectivity index (χ4n) is 1.64. The summed E-state index contributed by atoms with van der Waals surface area (Å²) in [4.78, 5) is 11.8. The maximum Gasteiger partial charge on any atom is 0.272 e. The molecule has 3 nitrogen and oxygen atoms in total. The Morgan fingerprint density at radius 2 is 1.52 bits per heavy atom. The summed E-state index contributed by atoms with van der Waals surface area (Å²) in [6, 6.07) is 1.32. The molecule has 0 saturated carbocycles. The van der Waals surface area contributed by atoms with Crippen LogP contribution in [0.1, 0.15) is 10.5 Å². The molecule has 0 atom stereocenters. The van der Waals surface area contributed by atoms with E-state index in [1.807, 2.05) is 0 Å². The number of hydrogen-bond acceptors (Lipinski definition) is 1. The normalized spacial score (nSPS) is 10.8. The van der Waals surface area contributed by atoms with E-state index in [0.29, 0.717) is 4.47 Å². The molecule has 0 saturated heterocycles. The number of carbonyl (C=O) groups is 1. The number of rotatable bonds is 2. The molecule has 112 valence electrons. The van der Waals surface area contributed by atoms with Gasteiger partial charge in [0.1, 0.15) is 11.4 Å². The van der Waals surface area contributed by atoms with E-state index < -0.39 is 40.7 Å². The maximum absolute atomic E-state index is 13.4. The van der Waals surface area contributed by atoms with E-state index in [4.69, 9.17) is 0 Å². The largest absolute Gasteiger partial charge is 0.345 e. The van der Waals surface area contributed by atoms with E-state index >= 15 is 0 Å². The molecule has 21 heavy (non-hydrogen) atoms. The van der Waals surface area contributed by atoms with Gasteiger partial charge in [0.15, 0.2) is 23.3 Å². The zero-order chi connectivity index (χ0) is 15.9. The summed E-state index contributed by atoms with van der Waals surface area (Å²) in [6.07, 6.45) is 1.48. The number of nitrogens with zero attached hydrogens (tertiary/aromatic N) is 1. The first kappa shape index (κ1) is 15.5. The van der Waals surface area contributed by atoms with Crippen LogP contribution < -0.4 is 5.32 Å². The lowest BCUT2D eigenvalue weighted by atomic mass is 10.2. The fourth-order valence-corrected chi connectivity index (χ4v) is 2.17. The first-order chi connectivity index (χ1) is 9.73. The van der Waals surface area contributed by atoms with Crippen molar-refractivity contribution in [3.05, 3.63) is 51.5 Å². The van der Waals surface area contributed by atoms with Crippen LogP contribution in [0.5, 0.6) is 0 Å². The summed E-state index contributed by atoms with van der Waals surface area (Å²) < 4.78 is 67.6. The molecule has 1 aromatic heterocycles. The molecule has 0 aliphatic carbocycles. The minimum Gasteiger partial charge on any atom is -0.345 e. The number of hydrogen-bond donors (Lipinski definition) is 1. The van der Waals surface area contributed by atoms with Crippen LogP contribution in [0.15, 0.2) is 16.7 Å². The van der Waals surface area contributed by atoms with Gasteiger partial charge in [-0.25, -0.2) is 22.0 Å². The highest BCUT2D eigenvalue weighted by atomic mass is 79.9. The van der Waals surface area contributed by atoms with Crippen LogP contribution in [0.25, 0.3) is 0 Å². The molecule has 0 aliphatic heterocycles. The molecule has 9 heteroatoms. The third-order valence-corrected chi connectivity index (χ3v) is 3.09. The van der Waals surface area contributed by atoms with Gasteiger partial charge >= 0.3 is 0 Å². The predicted molar refractivity (Wildman–Crippen MR) is 67.3 cm³/mol. The molecule has 1 N–H and O–H groups in total. The van der Waals surface area contributed by atoms with Gasteiger partial charge in [0.2, 0.25) is 5.82 Å². The molecule has 0 bridgehead atoms. The molecule has 0 fully saturated rings. The summed E-state index contributed by atoms with van der Waals surface area (Å²) in [5, 5.41) is 1.68. The molecule has 0 radical (unpaired) electrons. The Morgan fingerprint density at radius 3 is 1.95 bits per heavy atom. The van der Waals surface area contributed by atoms with E-state index in [1.165, 1.54) is 23.9 Å². The Balaban J connectivity index is 2.45. The number of carbonyl (C=O) groups excluding carboxylic acids is 1. The fraction of sp³-hybridized carbons (Fsp3) is 0.0833. The van der Waals surface area contributed by atoms with Gasteiger partial charge in [-0.05, 0) is 22.0 Å². The smallest absolute Gasteiger partial charge is 0.272 e. The van der Waals surface area contributed by atoms with Gasteiger partial charge in [-0.15, -0.1) is 0 Å². The third kappa shape index (κ3) is 2.65. The van der Waals surface area contributed by atoms with Crippen LogP contribution in [0.3, 0.4) is 0 Å². The van der Waals surface area contributed by atoms with E-state index in [9.17, 15) is 26.7 Å². The second kappa shape index (κ2) is 5.47. The van der Waals surface area contributed by atoms with Crippen LogP contribution in [0.2, 0.25) is 0 Å². The second-order valence-corrected chi connectivity index (χ2v) is 4.97. The van der Waals surface area contributed by atoms with Crippen molar-refractivity contribution in [2.75, 3.05) is 5.32 Å². The van der Waals surface area contributed by atoms with E-state index in [0.717, 1.165) is 0 Å². The van der Waals surface area contributed by atoms with Crippen molar-refractivity contribution in [3.63, 3.8) is 0 Å². The molecular weight excluding hydrogens is 363 g/mol. The van der Waals surface area contributed by atoms with Crippen molar-refractivity contribution in [2.24, 2.45) is 7.05 Å². The average molecular weight is 369 g/mol. The Kier molecular flexibility index (Phi) is 4.04. The molecule has 1 heterocycles. The van der Waals surface area contributed by atoms with Gasteiger partial charge in [-0.2, -0.15) is 0 Å². The Morgan fingerprint density at radius 1 is 1.05 bits per heavy atom. The summed E-state index contributed by atoms with van der Waals surface area (Å²) in [7, 11) is 1.47. The first-order valence-corrected chi connectivity index (χ1v) is 6.18. The van der Waals surface area contributed by atoms with Crippen molar-refractivity contribution in [1.82, 2.24) is 4.57 Å². The second-order valence-electron chi connectivity index (χ2n) is 4.05. The van der Waals surface area contributed by atoms with Gasteiger partial charge in [0.25, 0.3) is 5.91 Å². The molecule has 1 amide bonds. The number of aromatic nitrogens is 1. The zero-order valence-electron chi connectivity index (χ0n) is 10.3. The van der Waals surface area contributed by atoms with Crippen molar-refractivity contribution in [3.8, 4) is 0 Å². The first-order valence-electron chi connectivity index (χ1n) is 5.38. The Labute approximate surface area is 123 Å². The lowest BCUT2D eigenvalue weighted by Gasteiger charge is -2.10. The van der Waals surface area contributed by atoms with Crippen molar-refractivity contribution >= 4 is 27.5 Å². The molecule has 0 aliphatic rings. The lowest BCUT2D eigenvalue weighted by Crippen LogP contribution is -2.19. The predicted octanol–water partition coefficient (Wildman–Crippen LogP) is 3.74. The number of amides is 1. The monoisotopic (exact) mass is 368 g/mol. The molecule has 1 aromatic carbocycles. The minimum absolute atomic E-state index is 0.0363. The molecular formula is C12H6BrF5N2O. The highest BCUT2D eigenvalue weighted by Gasteiger charge is 2.27. The maximum atomic E-state index is 13.4. The number of anilines is 1. The number of benzene rings is 1. The number of nitrogens with one attached hydrogen (secondary N) is 1. The average Bonchev–Trinajstić information content (AvgIpc) is 2.78. The minimum atomic E-state index is -2.29. The SMILES string of the molecule is Cn1cc(Br)cc1C(=O)Nc1c(F)c(F)c(F)c(F)c1F. The van der Waals surface area contributed by atoms with Crippen molar-refractivity contribution < 1.29 is 26.7 Å². The van der Waals surface area contributed by atoms with Gasteiger partial charge in [-0.3, -0.25) is 4.79 Å². The van der Waals surface area contributed by atoms with E-state index in [2.05, 4.69) is 15.9 Å². The summed E-state index contributed by atoms with van der Waals surface area (Å²) in [6.45, 7) is 0. The Bertz CT molecular complexity index is 715. The van der Waals surface area contributed by atoms with Crippen LogP contribution >= 0.6 is 15.9 Å². The van der Waals surface area contributed by atoms with Gasteiger partial charge < -0.3 is 9.88 Å². The summed E-state index contributed by atoms with van der Waals surface area (Å²) >= 11 is 3.08. The standard InChI is InChI=1S/C12H6BrF5N2O/c1-20-3-4(13)2-5(20)12(21)19-11-9(17)7(15)6(14)8(16)10(11)18/h2-3H,1H3,(H,19,21). The van der Waals surface area contributed by atoms with E-state index in [1.54, 1.807) is 5.32 Å². The summed E-state index contributed by atoms with van der Waals surface area (Å²) in [5.41, 5.74) is -1.43. The zero-order valence-corrected chi connectivity index (χ0v) is 11.9. The topological polar surface area (TPSA) is 34.0 Å². The van der Waals surface area contributed by atoms with Gasteiger partial charge in [0, 0.05) is 17.7 Å². The van der Waals surface area contributed by atoms with Crippen LogP contribution in [-0.2, 0) is 7.05 Å². The van der Waals surface area contributed by atoms with Crippen molar-refractivity contribution in [2.45, 2.75) is 0 Å². The van der Waals surface area contributed by atoms with Gasteiger partial charge in [-0.1, -0.05) is 0 Å². The van der Waals surface area contributed by atoms with Crippen LogP contribution in [0.4, 0.5) is 27.6 Å². The summed E-state index contributed by atoms with van der Waals surface area (Å²) in [5.74, 6) is -11.8. The highest BCUT2D eigenvalue weighted by molar-refractivity contribution is 9.10. The van der Waals surface area contributed by atoms with Crippen molar-refractivity contribution in [1.29, 1.82) is 0 Å². The lowest BCUT2D eigenvalue weighted by molar-refractivity contribution is 0.101. The van der Waals surface area contributed by atoms with Crippen LogP contribution in [-0.4, -0.2) is 10.5 Å². The molecule has 2 rings (SSSR count). The molecule has 0 spiro atoms. The third-order valence-electron chi connectivity index (χ3n) is 2.65. The quantitative estimate of drug-likeness (QED) is 0.489. The highest BCUT2D eigenvalue weighted by Crippen LogP contribution is 2.27. The van der Waals surface area contributed by atoms with E-state index in [-0.39, 0.29) is 5.69 Å². The van der Waals surface area contributed by atoms with Crippen LogP contribution in [0, 0.1) is 29.1 Å². The Hall–Kier alpha value is -1.90. The molecule has 2 aromatic rings. The number of aryl methyl sites for hydroxylation is 1.